The second-order valence-corrected chi connectivity index (χ2v) is 6.18. The Kier molecular flexibility index (Phi) is 3.83. The molecule has 2 rings (SSSR count). The van der Waals surface area contributed by atoms with Crippen molar-refractivity contribution in [1.29, 1.82) is 0 Å². The van der Waals surface area contributed by atoms with E-state index in [9.17, 15) is 0 Å². The SMILES string of the molecule is CC1=C(C2=C(P)C=CC[C@@H]2C)[C@@H](P)CC=C1. The van der Waals surface area contributed by atoms with Gasteiger partial charge in [0.05, 0.1) is 0 Å². The molecule has 0 aromatic rings. The van der Waals surface area contributed by atoms with Crippen LogP contribution in [0.5, 0.6) is 0 Å². The quantitative estimate of drug-likeness (QED) is 0.611. The van der Waals surface area contributed by atoms with Crippen molar-refractivity contribution in [3.63, 3.8) is 0 Å². The maximum atomic E-state index is 3.00. The van der Waals surface area contributed by atoms with Crippen LogP contribution < -0.4 is 0 Å². The van der Waals surface area contributed by atoms with Crippen LogP contribution in [0.1, 0.15) is 26.7 Å². The van der Waals surface area contributed by atoms with E-state index in [1.54, 1.807) is 11.1 Å². The van der Waals surface area contributed by atoms with E-state index in [1.165, 1.54) is 17.3 Å². The highest BCUT2D eigenvalue weighted by Crippen LogP contribution is 2.40. The summed E-state index contributed by atoms with van der Waals surface area (Å²) in [5, 5.41) is 1.37. The highest BCUT2D eigenvalue weighted by atomic mass is 31.0. The molecule has 0 saturated carbocycles. The maximum absolute atomic E-state index is 3.00. The standard InChI is InChI=1S/C14H20P2/c1-9-5-3-7-11(15)13(9)14-10(2)6-4-8-12(14)16/h3-5,8,10-11H,6-7,15-16H2,1-2H3/t10-,11-/m0/s1. The van der Waals surface area contributed by atoms with Crippen LogP contribution in [0, 0.1) is 5.92 Å². The van der Waals surface area contributed by atoms with Gasteiger partial charge in [-0.3, -0.25) is 0 Å². The van der Waals surface area contributed by atoms with Crippen LogP contribution in [-0.4, -0.2) is 5.66 Å². The Morgan fingerprint density at radius 1 is 1.12 bits per heavy atom. The smallest absolute Gasteiger partial charge is 0.00256 e. The van der Waals surface area contributed by atoms with E-state index in [4.69, 9.17) is 0 Å². The Labute approximate surface area is 103 Å². The second-order valence-electron chi connectivity index (χ2n) is 4.75. The molecule has 16 heavy (non-hydrogen) atoms. The third kappa shape index (κ3) is 2.24. The molecule has 2 aliphatic carbocycles. The average Bonchev–Trinajstić information content (AvgIpc) is 2.21. The van der Waals surface area contributed by atoms with Crippen LogP contribution in [-0.2, 0) is 0 Å². The fourth-order valence-electron chi connectivity index (χ4n) is 2.62. The summed E-state index contributed by atoms with van der Waals surface area (Å²) in [6.07, 6.45) is 11.4. The normalized spacial score (nSPS) is 30.2. The largest absolute Gasteiger partial charge is 0.129 e. The highest BCUT2D eigenvalue weighted by Gasteiger charge is 2.24. The molecule has 0 fully saturated rings. The van der Waals surface area contributed by atoms with Gasteiger partial charge in [-0.25, -0.2) is 0 Å². The lowest BCUT2D eigenvalue weighted by molar-refractivity contribution is 0.680. The van der Waals surface area contributed by atoms with Gasteiger partial charge in [-0.2, -0.15) is 0 Å². The molecule has 4 atom stereocenters. The van der Waals surface area contributed by atoms with Crippen molar-refractivity contribution in [2.75, 3.05) is 0 Å². The molecule has 2 unspecified atom stereocenters. The molecule has 0 aromatic heterocycles. The van der Waals surface area contributed by atoms with Crippen molar-refractivity contribution in [3.05, 3.63) is 46.3 Å². The van der Waals surface area contributed by atoms with E-state index in [1.807, 2.05) is 0 Å². The molecular formula is C14H20P2. The highest BCUT2D eigenvalue weighted by molar-refractivity contribution is 7.23. The van der Waals surface area contributed by atoms with Gasteiger partial charge in [0.2, 0.25) is 0 Å². The van der Waals surface area contributed by atoms with E-state index in [-0.39, 0.29) is 0 Å². The topological polar surface area (TPSA) is 0 Å². The van der Waals surface area contributed by atoms with Gasteiger partial charge in [0.1, 0.15) is 0 Å². The number of hydrogen-bond acceptors (Lipinski definition) is 0. The van der Waals surface area contributed by atoms with Crippen molar-refractivity contribution in [3.8, 4) is 0 Å². The van der Waals surface area contributed by atoms with Gasteiger partial charge in [0.25, 0.3) is 0 Å². The summed E-state index contributed by atoms with van der Waals surface area (Å²) in [5.41, 5.74) is 5.12. The Morgan fingerprint density at radius 3 is 2.44 bits per heavy atom. The molecule has 2 aliphatic rings. The van der Waals surface area contributed by atoms with E-state index in [2.05, 4.69) is 56.6 Å². The van der Waals surface area contributed by atoms with Gasteiger partial charge in [-0.1, -0.05) is 31.2 Å². The molecule has 0 bridgehead atoms. The van der Waals surface area contributed by atoms with E-state index in [0.717, 1.165) is 6.42 Å². The number of allylic oxidation sites excluding steroid dienone is 8. The fourth-order valence-corrected chi connectivity index (χ4v) is 3.79. The Hall–Kier alpha value is -0.180. The minimum Gasteiger partial charge on any atom is -0.129 e. The van der Waals surface area contributed by atoms with Gasteiger partial charge in [0.15, 0.2) is 0 Å². The predicted octanol–water partition coefficient (Wildman–Crippen LogP) is 4.23. The Balaban J connectivity index is 2.50. The van der Waals surface area contributed by atoms with Gasteiger partial charge in [-0.05, 0) is 47.7 Å². The molecule has 0 saturated heterocycles. The molecular weight excluding hydrogens is 230 g/mol. The third-order valence-corrected chi connectivity index (χ3v) is 4.54. The summed E-state index contributed by atoms with van der Waals surface area (Å²) in [6, 6.07) is 0. The van der Waals surface area contributed by atoms with E-state index in [0.29, 0.717) is 11.6 Å². The monoisotopic (exact) mass is 250 g/mol. The molecule has 0 spiro atoms. The van der Waals surface area contributed by atoms with Crippen LogP contribution in [0.2, 0.25) is 0 Å². The van der Waals surface area contributed by atoms with Crippen LogP contribution in [0.4, 0.5) is 0 Å². The summed E-state index contributed by atoms with van der Waals surface area (Å²) in [5.74, 6) is 0.650. The molecule has 0 heterocycles. The van der Waals surface area contributed by atoms with Crippen LogP contribution >= 0.6 is 18.5 Å². The molecule has 0 aromatic carbocycles. The first-order valence-corrected chi connectivity index (χ1v) is 7.15. The van der Waals surface area contributed by atoms with Crippen molar-refractivity contribution >= 4 is 18.5 Å². The van der Waals surface area contributed by atoms with Crippen LogP contribution in [0.25, 0.3) is 0 Å². The predicted molar refractivity (Wildman–Crippen MR) is 79.6 cm³/mol. The van der Waals surface area contributed by atoms with Crippen molar-refractivity contribution < 1.29 is 0 Å². The molecule has 2 heteroatoms. The van der Waals surface area contributed by atoms with Crippen molar-refractivity contribution in [2.45, 2.75) is 32.3 Å². The van der Waals surface area contributed by atoms with Crippen LogP contribution in [0.15, 0.2) is 46.3 Å². The third-order valence-electron chi connectivity index (χ3n) is 3.43. The first-order valence-electron chi connectivity index (χ1n) is 5.90. The number of hydrogen-bond donors (Lipinski definition) is 0. The summed E-state index contributed by atoms with van der Waals surface area (Å²) in [4.78, 5) is 0. The Bertz CT molecular complexity index is 370. The lowest BCUT2D eigenvalue weighted by Gasteiger charge is -2.29. The first-order chi connectivity index (χ1) is 7.61. The summed E-state index contributed by atoms with van der Waals surface area (Å²) >= 11 is 0. The minimum atomic E-state index is 0.587. The minimum absolute atomic E-state index is 0.587. The Morgan fingerprint density at radius 2 is 1.81 bits per heavy atom. The second kappa shape index (κ2) is 4.99. The molecule has 86 valence electrons. The maximum Gasteiger partial charge on any atom is 0.00256 e. The molecule has 0 amide bonds. The zero-order chi connectivity index (χ0) is 11.7. The average molecular weight is 250 g/mol. The summed E-state index contributed by atoms with van der Waals surface area (Å²) < 4.78 is 0. The van der Waals surface area contributed by atoms with Crippen molar-refractivity contribution in [1.82, 2.24) is 0 Å². The van der Waals surface area contributed by atoms with Gasteiger partial charge in [-0.15, -0.1) is 18.5 Å². The molecule has 0 aliphatic heterocycles. The van der Waals surface area contributed by atoms with Crippen molar-refractivity contribution in [2.24, 2.45) is 5.92 Å². The zero-order valence-corrected chi connectivity index (χ0v) is 12.3. The van der Waals surface area contributed by atoms with Gasteiger partial charge < -0.3 is 0 Å². The first kappa shape index (κ1) is 12.3. The lowest BCUT2D eigenvalue weighted by atomic mass is 9.82. The van der Waals surface area contributed by atoms with E-state index >= 15 is 0 Å². The van der Waals surface area contributed by atoms with E-state index < -0.39 is 0 Å². The van der Waals surface area contributed by atoms with Crippen LogP contribution in [0.3, 0.4) is 0 Å². The lowest BCUT2D eigenvalue weighted by Crippen LogP contribution is -2.16. The van der Waals surface area contributed by atoms with Gasteiger partial charge in [0, 0.05) is 5.66 Å². The molecule has 0 N–H and O–H groups in total. The van der Waals surface area contributed by atoms with Gasteiger partial charge >= 0.3 is 0 Å². The zero-order valence-electron chi connectivity index (χ0n) is 10.0. The summed E-state index contributed by atoms with van der Waals surface area (Å²) in [7, 11) is 5.89. The summed E-state index contributed by atoms with van der Waals surface area (Å²) in [6.45, 7) is 4.57. The molecule has 0 nitrogen and oxygen atoms in total. The fraction of sp³-hybridized carbons (Fsp3) is 0.429. The number of rotatable bonds is 1. The molecule has 0 radical (unpaired) electrons.